The maximum absolute atomic E-state index is 12.6. The first-order chi connectivity index (χ1) is 14.7. The Morgan fingerprint density at radius 2 is 1.70 bits per heavy atom. The van der Waals surface area contributed by atoms with E-state index in [1.54, 1.807) is 17.0 Å². The van der Waals surface area contributed by atoms with Crippen molar-refractivity contribution in [2.24, 2.45) is 5.92 Å². The highest BCUT2D eigenvalue weighted by atomic mass is 16.7. The van der Waals surface area contributed by atoms with Gasteiger partial charge >= 0.3 is 0 Å². The summed E-state index contributed by atoms with van der Waals surface area (Å²) in [6.45, 7) is 2.14. The molecule has 2 amide bonds. The molecule has 30 heavy (non-hydrogen) atoms. The highest BCUT2D eigenvalue weighted by Gasteiger charge is 2.35. The van der Waals surface area contributed by atoms with Crippen LogP contribution in [-0.2, 0) is 16.0 Å². The number of carbonyl (C=O) groups excluding carboxylic acids is 2. The van der Waals surface area contributed by atoms with Crippen molar-refractivity contribution in [3.05, 3.63) is 42.0 Å². The van der Waals surface area contributed by atoms with Crippen LogP contribution in [0.3, 0.4) is 0 Å². The highest BCUT2D eigenvalue weighted by Crippen LogP contribution is 2.37. The number of nitrogens with zero attached hydrogens (tertiary/aromatic N) is 1. The van der Waals surface area contributed by atoms with Gasteiger partial charge in [-0.3, -0.25) is 9.59 Å². The molecule has 0 spiro atoms. The maximum Gasteiger partial charge on any atom is 0.231 e. The van der Waals surface area contributed by atoms with E-state index >= 15 is 0 Å². The molecule has 3 aliphatic heterocycles. The highest BCUT2D eigenvalue weighted by molar-refractivity contribution is 6.00. The van der Waals surface area contributed by atoms with Gasteiger partial charge in [-0.25, -0.2) is 0 Å². The second-order valence-corrected chi connectivity index (χ2v) is 7.46. The van der Waals surface area contributed by atoms with Gasteiger partial charge in [-0.15, -0.1) is 0 Å². The van der Waals surface area contributed by atoms with E-state index in [9.17, 15) is 9.59 Å². The summed E-state index contributed by atoms with van der Waals surface area (Å²) in [5.74, 6) is 2.23. The molecule has 1 fully saturated rings. The van der Waals surface area contributed by atoms with Gasteiger partial charge in [0.05, 0.1) is 5.92 Å². The number of benzene rings is 2. The molecule has 2 aromatic rings. The summed E-state index contributed by atoms with van der Waals surface area (Å²) >= 11 is 0. The summed E-state index contributed by atoms with van der Waals surface area (Å²) < 4.78 is 21.8. The van der Waals surface area contributed by atoms with Gasteiger partial charge in [-0.1, -0.05) is 6.07 Å². The number of carbonyl (C=O) groups is 2. The molecule has 2 aromatic carbocycles. The average Bonchev–Trinajstić information content (AvgIpc) is 3.39. The summed E-state index contributed by atoms with van der Waals surface area (Å²) in [6.07, 6.45) is 0.874. The Labute approximate surface area is 173 Å². The van der Waals surface area contributed by atoms with Crippen molar-refractivity contribution >= 4 is 17.5 Å². The second kappa shape index (κ2) is 7.78. The van der Waals surface area contributed by atoms with E-state index in [1.807, 2.05) is 24.3 Å². The fourth-order valence-electron chi connectivity index (χ4n) is 3.90. The minimum absolute atomic E-state index is 0.0687. The summed E-state index contributed by atoms with van der Waals surface area (Å²) in [5, 5.41) is 2.95. The van der Waals surface area contributed by atoms with Crippen molar-refractivity contribution in [1.29, 1.82) is 0 Å². The van der Waals surface area contributed by atoms with Gasteiger partial charge in [-0.2, -0.15) is 0 Å². The number of ether oxygens (including phenoxy) is 4. The smallest absolute Gasteiger partial charge is 0.231 e. The van der Waals surface area contributed by atoms with Crippen LogP contribution < -0.4 is 29.2 Å². The Bertz CT molecular complexity index is 992. The molecule has 156 valence electrons. The lowest BCUT2D eigenvalue weighted by molar-refractivity contribution is -0.126. The monoisotopic (exact) mass is 410 g/mol. The van der Waals surface area contributed by atoms with Gasteiger partial charge in [0.15, 0.2) is 23.0 Å². The van der Waals surface area contributed by atoms with Gasteiger partial charge in [0.2, 0.25) is 18.6 Å². The molecule has 1 saturated heterocycles. The van der Waals surface area contributed by atoms with Crippen LogP contribution in [-0.4, -0.2) is 44.9 Å². The number of fused-ring (bicyclic) bond motifs is 2. The zero-order chi connectivity index (χ0) is 20.5. The summed E-state index contributed by atoms with van der Waals surface area (Å²) in [7, 11) is 0. The lowest BCUT2D eigenvalue weighted by Gasteiger charge is -2.19. The molecule has 0 saturated carbocycles. The molecule has 0 radical (unpaired) electrons. The van der Waals surface area contributed by atoms with Gasteiger partial charge < -0.3 is 29.2 Å². The number of amides is 2. The fourth-order valence-corrected chi connectivity index (χ4v) is 3.90. The van der Waals surface area contributed by atoms with Gasteiger partial charge in [0, 0.05) is 31.3 Å². The first kappa shape index (κ1) is 18.6. The molecule has 1 atom stereocenters. The number of rotatable bonds is 5. The molecule has 3 heterocycles. The predicted octanol–water partition coefficient (Wildman–Crippen LogP) is 1.90. The standard InChI is InChI=1S/C22H22N2O6/c25-21-10-15(12-24(21)16-2-4-18-20(11-16)30-13-29-18)22(26)23-6-5-14-1-3-17-19(9-14)28-8-7-27-17/h1-4,9,11,15H,5-8,10,12-13H2,(H,23,26)/t15-/m0/s1. The summed E-state index contributed by atoms with van der Waals surface area (Å²) in [5.41, 5.74) is 1.78. The zero-order valence-electron chi connectivity index (χ0n) is 16.4. The van der Waals surface area contributed by atoms with E-state index in [4.69, 9.17) is 18.9 Å². The third-order valence-corrected chi connectivity index (χ3v) is 5.48. The van der Waals surface area contributed by atoms with E-state index in [2.05, 4.69) is 5.32 Å². The summed E-state index contributed by atoms with van der Waals surface area (Å²) in [6, 6.07) is 11.2. The minimum Gasteiger partial charge on any atom is -0.486 e. The molecule has 8 nitrogen and oxygen atoms in total. The molecule has 5 rings (SSSR count). The van der Waals surface area contributed by atoms with Crippen LogP contribution in [0.1, 0.15) is 12.0 Å². The number of hydrogen-bond acceptors (Lipinski definition) is 6. The SMILES string of the molecule is O=C(NCCc1ccc2c(c1)OCCO2)[C@H]1CC(=O)N(c2ccc3c(c2)OCO3)C1. The minimum atomic E-state index is -0.372. The number of nitrogens with one attached hydrogen (secondary N) is 1. The lowest BCUT2D eigenvalue weighted by Crippen LogP contribution is -2.34. The third-order valence-electron chi connectivity index (χ3n) is 5.48. The lowest BCUT2D eigenvalue weighted by atomic mass is 10.1. The van der Waals surface area contributed by atoms with Crippen LogP contribution in [0.2, 0.25) is 0 Å². The van der Waals surface area contributed by atoms with Gasteiger partial charge in [-0.05, 0) is 36.2 Å². The van der Waals surface area contributed by atoms with Crippen LogP contribution in [0.15, 0.2) is 36.4 Å². The summed E-state index contributed by atoms with van der Waals surface area (Å²) in [4.78, 5) is 26.7. The normalized spacial score (nSPS) is 19.1. The Morgan fingerprint density at radius 3 is 2.60 bits per heavy atom. The quantitative estimate of drug-likeness (QED) is 0.810. The Hall–Kier alpha value is -3.42. The first-order valence-corrected chi connectivity index (χ1v) is 10.0. The van der Waals surface area contributed by atoms with Crippen LogP contribution in [0.5, 0.6) is 23.0 Å². The maximum atomic E-state index is 12.6. The van der Waals surface area contributed by atoms with Crippen molar-refractivity contribution < 1.29 is 28.5 Å². The molecular formula is C22H22N2O6. The Morgan fingerprint density at radius 1 is 0.967 bits per heavy atom. The second-order valence-electron chi connectivity index (χ2n) is 7.46. The van der Waals surface area contributed by atoms with Crippen molar-refractivity contribution in [3.8, 4) is 23.0 Å². The fraction of sp³-hybridized carbons (Fsp3) is 0.364. The third kappa shape index (κ3) is 3.60. The van der Waals surface area contributed by atoms with Gasteiger partial charge in [0.25, 0.3) is 0 Å². The van der Waals surface area contributed by atoms with Gasteiger partial charge in [0.1, 0.15) is 13.2 Å². The molecule has 1 N–H and O–H groups in total. The molecule has 0 bridgehead atoms. The van der Waals surface area contributed by atoms with E-state index < -0.39 is 0 Å². The van der Waals surface area contributed by atoms with E-state index in [0.29, 0.717) is 44.2 Å². The van der Waals surface area contributed by atoms with E-state index in [1.165, 1.54) is 0 Å². The molecule has 0 aliphatic carbocycles. The molecule has 0 unspecified atom stereocenters. The predicted molar refractivity (Wildman–Crippen MR) is 107 cm³/mol. The Kier molecular flexibility index (Phi) is 4.82. The van der Waals surface area contributed by atoms with Crippen LogP contribution in [0.4, 0.5) is 5.69 Å². The molecular weight excluding hydrogens is 388 g/mol. The van der Waals surface area contributed by atoms with Crippen molar-refractivity contribution in [3.63, 3.8) is 0 Å². The average molecular weight is 410 g/mol. The van der Waals surface area contributed by atoms with Crippen LogP contribution in [0, 0.1) is 5.92 Å². The molecule has 0 aromatic heterocycles. The Balaban J connectivity index is 1.16. The largest absolute Gasteiger partial charge is 0.486 e. The van der Waals surface area contributed by atoms with Crippen LogP contribution >= 0.6 is 0 Å². The zero-order valence-corrected chi connectivity index (χ0v) is 16.4. The molecule has 3 aliphatic rings. The first-order valence-electron chi connectivity index (χ1n) is 10.0. The van der Waals surface area contributed by atoms with Crippen molar-refractivity contribution in [1.82, 2.24) is 5.32 Å². The van der Waals surface area contributed by atoms with Crippen molar-refractivity contribution in [2.45, 2.75) is 12.8 Å². The van der Waals surface area contributed by atoms with E-state index in [0.717, 1.165) is 22.7 Å². The number of anilines is 1. The van der Waals surface area contributed by atoms with E-state index in [-0.39, 0.29) is 30.9 Å². The topological polar surface area (TPSA) is 86.3 Å². The van der Waals surface area contributed by atoms with Crippen LogP contribution in [0.25, 0.3) is 0 Å². The molecule has 8 heteroatoms. The van der Waals surface area contributed by atoms with Crippen molar-refractivity contribution in [2.75, 3.05) is 38.0 Å². The number of hydrogen-bond donors (Lipinski definition) is 1.